The van der Waals surface area contributed by atoms with Crippen molar-refractivity contribution >= 4 is 17.4 Å². The van der Waals surface area contributed by atoms with Crippen LogP contribution >= 0.6 is 0 Å². The number of rotatable bonds is 7. The molecule has 3 nitrogen and oxygen atoms in total. The Labute approximate surface area is 100 Å². The van der Waals surface area contributed by atoms with E-state index in [2.05, 4.69) is 22.9 Å². The highest BCUT2D eigenvalue weighted by molar-refractivity contribution is 5.80. The maximum atomic E-state index is 9.94. The van der Waals surface area contributed by atoms with Crippen molar-refractivity contribution in [2.45, 2.75) is 25.7 Å². The first kappa shape index (κ1) is 11.7. The first-order valence-electron chi connectivity index (χ1n) is 5.92. The van der Waals surface area contributed by atoms with Crippen molar-refractivity contribution in [2.75, 3.05) is 6.61 Å². The Hall–Kier alpha value is -1.77. The average molecular weight is 232 g/mol. The number of aryl methyl sites for hydroxylation is 1. The van der Waals surface area contributed by atoms with Crippen molar-refractivity contribution in [3.8, 4) is 0 Å². The maximum absolute atomic E-state index is 9.94. The van der Waals surface area contributed by atoms with E-state index in [0.717, 1.165) is 36.7 Å². The number of fused-ring (bicyclic) bond motifs is 1. The quantitative estimate of drug-likeness (QED) is 0.543. The number of benzene rings is 1. The van der Waals surface area contributed by atoms with Crippen molar-refractivity contribution in [3.05, 3.63) is 36.1 Å². The van der Waals surface area contributed by atoms with E-state index in [-0.39, 0.29) is 0 Å². The molecule has 0 atom stereocenters. The molecule has 0 aliphatic heterocycles. The van der Waals surface area contributed by atoms with Crippen molar-refractivity contribution in [1.29, 1.82) is 0 Å². The molecule has 1 aromatic carbocycles. The third kappa shape index (κ3) is 3.09. The lowest BCUT2D eigenvalue weighted by Crippen LogP contribution is -1.92. The third-order valence-electron chi connectivity index (χ3n) is 2.84. The number of unbranched alkanes of at least 4 members (excludes halogenated alkanes) is 2. The van der Waals surface area contributed by atoms with Gasteiger partial charge in [-0.05, 0) is 37.3 Å². The predicted octanol–water partition coefficient (Wildman–Crippen LogP) is 3.32. The largest absolute Gasteiger partial charge is 0.468 e. The second kappa shape index (κ2) is 6.09. The van der Waals surface area contributed by atoms with Gasteiger partial charge in [0.05, 0.1) is 12.9 Å². The maximum Gasteiger partial charge on any atom is 0.293 e. The van der Waals surface area contributed by atoms with E-state index in [1.165, 1.54) is 5.56 Å². The van der Waals surface area contributed by atoms with Crippen molar-refractivity contribution < 1.29 is 13.9 Å². The third-order valence-corrected chi connectivity index (χ3v) is 2.84. The van der Waals surface area contributed by atoms with E-state index in [0.29, 0.717) is 13.1 Å². The molecule has 3 heteroatoms. The molecule has 0 bridgehead atoms. The Kier molecular flexibility index (Phi) is 4.19. The fraction of sp³-hybridized carbons (Fsp3) is 0.357. The molecule has 0 fully saturated rings. The number of carbonyl (C=O) groups is 1. The minimum absolute atomic E-state index is 0.504. The zero-order chi connectivity index (χ0) is 11.9. The molecule has 0 unspecified atom stereocenters. The number of para-hydroxylation sites is 1. The topological polar surface area (TPSA) is 39.4 Å². The van der Waals surface area contributed by atoms with Gasteiger partial charge in [-0.15, -0.1) is 0 Å². The van der Waals surface area contributed by atoms with E-state index < -0.39 is 0 Å². The lowest BCUT2D eigenvalue weighted by molar-refractivity contribution is -0.128. The van der Waals surface area contributed by atoms with Gasteiger partial charge in [0, 0.05) is 5.39 Å². The molecule has 0 amide bonds. The molecule has 2 rings (SSSR count). The summed E-state index contributed by atoms with van der Waals surface area (Å²) in [5, 5.41) is 1.16. The van der Waals surface area contributed by atoms with Crippen LogP contribution in [0, 0.1) is 0 Å². The molecule has 17 heavy (non-hydrogen) atoms. The Morgan fingerprint density at radius 1 is 1.18 bits per heavy atom. The summed E-state index contributed by atoms with van der Waals surface area (Å²) < 4.78 is 10.1. The molecule has 0 saturated heterocycles. The van der Waals surface area contributed by atoms with Crippen LogP contribution in [0.1, 0.15) is 24.8 Å². The number of ether oxygens (including phenoxy) is 1. The summed E-state index contributed by atoms with van der Waals surface area (Å²) in [4.78, 5) is 9.94. The molecular weight excluding hydrogens is 216 g/mol. The molecule has 1 heterocycles. The van der Waals surface area contributed by atoms with Gasteiger partial charge in [0.1, 0.15) is 5.58 Å². The molecule has 0 spiro atoms. The second-order valence-electron chi connectivity index (χ2n) is 4.03. The number of hydrogen-bond donors (Lipinski definition) is 0. The van der Waals surface area contributed by atoms with Gasteiger partial charge < -0.3 is 9.15 Å². The van der Waals surface area contributed by atoms with Gasteiger partial charge in [-0.3, -0.25) is 4.79 Å². The summed E-state index contributed by atoms with van der Waals surface area (Å²) in [6, 6.07) is 8.20. The smallest absolute Gasteiger partial charge is 0.293 e. The van der Waals surface area contributed by atoms with Crippen LogP contribution in [0.5, 0.6) is 0 Å². The zero-order valence-electron chi connectivity index (χ0n) is 9.72. The second-order valence-corrected chi connectivity index (χ2v) is 4.03. The van der Waals surface area contributed by atoms with Gasteiger partial charge in [-0.25, -0.2) is 0 Å². The van der Waals surface area contributed by atoms with Gasteiger partial charge in [0.2, 0.25) is 0 Å². The number of carbonyl (C=O) groups excluding carboxylic acids is 1. The normalized spacial score (nSPS) is 10.6. The van der Waals surface area contributed by atoms with Crippen LogP contribution < -0.4 is 0 Å². The van der Waals surface area contributed by atoms with Gasteiger partial charge in [-0.1, -0.05) is 18.2 Å². The SMILES string of the molecule is O=COCCCCCc1cccc2ccoc12. The Balaban J connectivity index is 1.82. The highest BCUT2D eigenvalue weighted by Crippen LogP contribution is 2.21. The first-order valence-corrected chi connectivity index (χ1v) is 5.92. The van der Waals surface area contributed by atoms with E-state index in [4.69, 9.17) is 4.42 Å². The Morgan fingerprint density at radius 2 is 2.12 bits per heavy atom. The minimum Gasteiger partial charge on any atom is -0.468 e. The lowest BCUT2D eigenvalue weighted by Gasteiger charge is -2.02. The van der Waals surface area contributed by atoms with E-state index in [9.17, 15) is 4.79 Å². The van der Waals surface area contributed by atoms with Gasteiger partial charge in [0.25, 0.3) is 6.47 Å². The van der Waals surface area contributed by atoms with Crippen LogP contribution in [0.2, 0.25) is 0 Å². The van der Waals surface area contributed by atoms with Crippen molar-refractivity contribution in [3.63, 3.8) is 0 Å². The van der Waals surface area contributed by atoms with E-state index in [1.807, 2.05) is 6.07 Å². The molecule has 2 aromatic rings. The Bertz CT molecular complexity index is 473. The molecule has 0 N–H and O–H groups in total. The van der Waals surface area contributed by atoms with Crippen molar-refractivity contribution in [2.24, 2.45) is 0 Å². The molecule has 90 valence electrons. The summed E-state index contributed by atoms with van der Waals surface area (Å²) in [6.45, 7) is 1.03. The number of furan rings is 1. The first-order chi connectivity index (χ1) is 8.42. The van der Waals surface area contributed by atoms with Crippen molar-refractivity contribution in [1.82, 2.24) is 0 Å². The minimum atomic E-state index is 0.504. The van der Waals surface area contributed by atoms with Crippen LogP contribution in [0.25, 0.3) is 11.0 Å². The van der Waals surface area contributed by atoms with Crippen LogP contribution in [0.3, 0.4) is 0 Å². The fourth-order valence-electron chi connectivity index (χ4n) is 1.98. The van der Waals surface area contributed by atoms with E-state index >= 15 is 0 Å². The zero-order valence-corrected chi connectivity index (χ0v) is 9.72. The highest BCUT2D eigenvalue weighted by atomic mass is 16.5. The van der Waals surface area contributed by atoms with Gasteiger partial charge in [-0.2, -0.15) is 0 Å². The van der Waals surface area contributed by atoms with Crippen LogP contribution in [0.4, 0.5) is 0 Å². The monoisotopic (exact) mass is 232 g/mol. The van der Waals surface area contributed by atoms with Crippen LogP contribution in [0.15, 0.2) is 34.9 Å². The summed E-state index contributed by atoms with van der Waals surface area (Å²) in [5.74, 6) is 0. The van der Waals surface area contributed by atoms with Crippen LogP contribution in [-0.2, 0) is 16.0 Å². The average Bonchev–Trinajstić information content (AvgIpc) is 2.82. The summed E-state index contributed by atoms with van der Waals surface area (Å²) in [7, 11) is 0. The molecule has 0 aliphatic rings. The number of hydrogen-bond acceptors (Lipinski definition) is 3. The molecular formula is C14H16O3. The molecule has 0 saturated carbocycles. The highest BCUT2D eigenvalue weighted by Gasteiger charge is 2.03. The molecule has 1 aromatic heterocycles. The lowest BCUT2D eigenvalue weighted by atomic mass is 10.1. The summed E-state index contributed by atoms with van der Waals surface area (Å²) in [6.07, 6.45) is 5.80. The standard InChI is InChI=1S/C14H16O3/c15-11-16-9-3-1-2-5-12-6-4-7-13-8-10-17-14(12)13/h4,6-8,10-11H,1-3,5,9H2. The predicted molar refractivity (Wildman–Crippen MR) is 65.8 cm³/mol. The van der Waals surface area contributed by atoms with E-state index in [1.54, 1.807) is 6.26 Å². The van der Waals surface area contributed by atoms with Gasteiger partial charge >= 0.3 is 0 Å². The molecule has 0 aliphatic carbocycles. The summed E-state index contributed by atoms with van der Waals surface area (Å²) in [5.41, 5.74) is 2.25. The fourth-order valence-corrected chi connectivity index (χ4v) is 1.98. The van der Waals surface area contributed by atoms with Crippen LogP contribution in [-0.4, -0.2) is 13.1 Å². The van der Waals surface area contributed by atoms with Gasteiger partial charge in [0.15, 0.2) is 0 Å². The molecule has 0 radical (unpaired) electrons. The summed E-state index contributed by atoms with van der Waals surface area (Å²) >= 11 is 0. The Morgan fingerprint density at radius 3 is 3.00 bits per heavy atom.